The number of fused-ring (bicyclic) bond motifs is 3. The van der Waals surface area contributed by atoms with Gasteiger partial charge in [-0.05, 0) is 97.2 Å². The van der Waals surface area contributed by atoms with Gasteiger partial charge in [0, 0.05) is 11.8 Å². The van der Waals surface area contributed by atoms with Crippen LogP contribution < -0.4 is 0 Å². The Morgan fingerprint density at radius 1 is 0.513 bits per heavy atom. The van der Waals surface area contributed by atoms with Gasteiger partial charge in [0.15, 0.2) is 0 Å². The third-order valence-electron chi connectivity index (χ3n) is 7.96. The van der Waals surface area contributed by atoms with Crippen LogP contribution in [-0.2, 0) is 6.42 Å². The number of rotatable bonds is 4. The van der Waals surface area contributed by atoms with Gasteiger partial charge in [-0.2, -0.15) is 0 Å². The number of pyridine rings is 1. The van der Waals surface area contributed by atoms with Crippen molar-refractivity contribution in [3.05, 3.63) is 139 Å². The van der Waals surface area contributed by atoms with Crippen molar-refractivity contribution in [1.29, 1.82) is 0 Å². The van der Waals surface area contributed by atoms with Crippen LogP contribution in [0.3, 0.4) is 0 Å². The molecule has 7 aromatic rings. The first-order valence-corrected chi connectivity index (χ1v) is 13.7. The Balaban J connectivity index is 1.57. The third-order valence-corrected chi connectivity index (χ3v) is 7.96. The summed E-state index contributed by atoms with van der Waals surface area (Å²) in [6.07, 6.45) is 2.92. The minimum absolute atomic E-state index is 1.00. The summed E-state index contributed by atoms with van der Waals surface area (Å²) in [7, 11) is 0. The lowest BCUT2D eigenvalue weighted by atomic mass is 9.84. The first-order chi connectivity index (χ1) is 19.2. The second kappa shape index (κ2) is 9.53. The van der Waals surface area contributed by atoms with Gasteiger partial charge in [-0.3, -0.25) is 4.98 Å². The lowest BCUT2D eigenvalue weighted by Crippen LogP contribution is -1.93. The summed E-state index contributed by atoms with van der Waals surface area (Å²) in [6.45, 7) is 4.35. The normalized spacial score (nSPS) is 11.4. The van der Waals surface area contributed by atoms with Crippen LogP contribution in [0.5, 0.6) is 0 Å². The quantitative estimate of drug-likeness (QED) is 0.220. The van der Waals surface area contributed by atoms with Crippen molar-refractivity contribution >= 4 is 32.3 Å². The molecular formula is C38H29N. The van der Waals surface area contributed by atoms with Gasteiger partial charge in [0.25, 0.3) is 0 Å². The van der Waals surface area contributed by atoms with E-state index in [1.807, 2.05) is 12.3 Å². The van der Waals surface area contributed by atoms with E-state index in [1.54, 1.807) is 0 Å². The Kier molecular flexibility index (Phi) is 5.71. The number of aryl methyl sites for hydroxylation is 2. The molecule has 1 nitrogen and oxygen atoms in total. The van der Waals surface area contributed by atoms with Crippen molar-refractivity contribution in [1.82, 2.24) is 4.98 Å². The van der Waals surface area contributed by atoms with Gasteiger partial charge in [-0.15, -0.1) is 0 Å². The smallest absolute Gasteiger partial charge is 0.0704 e. The molecule has 0 bridgehead atoms. The zero-order chi connectivity index (χ0) is 26.3. The Labute approximate surface area is 229 Å². The number of hydrogen-bond acceptors (Lipinski definition) is 1. The van der Waals surface area contributed by atoms with E-state index in [-0.39, 0.29) is 0 Å². The average molecular weight is 500 g/mol. The van der Waals surface area contributed by atoms with Gasteiger partial charge in [-0.25, -0.2) is 0 Å². The molecule has 39 heavy (non-hydrogen) atoms. The standard InChI is InChI=1S/C38H29N/c1-3-26-19-20-35(30-14-5-4-13-29(26)30)38-33-17-8-6-15-31(33)37(32-16-7-9-18-34(32)38)28-12-10-11-27(24-28)36-23-25(2)21-22-39-36/h4-24H,3H2,1-2H3. The van der Waals surface area contributed by atoms with Crippen LogP contribution in [0, 0.1) is 6.92 Å². The second-order valence-electron chi connectivity index (χ2n) is 10.3. The molecular weight excluding hydrogens is 470 g/mol. The highest BCUT2D eigenvalue weighted by Crippen LogP contribution is 2.45. The third kappa shape index (κ3) is 3.90. The molecule has 0 radical (unpaired) electrons. The summed E-state index contributed by atoms with van der Waals surface area (Å²) >= 11 is 0. The van der Waals surface area contributed by atoms with E-state index in [9.17, 15) is 0 Å². The number of nitrogens with zero attached hydrogens (tertiary/aromatic N) is 1. The van der Waals surface area contributed by atoms with Gasteiger partial charge in [0.05, 0.1) is 5.69 Å². The lowest BCUT2D eigenvalue weighted by Gasteiger charge is -2.19. The minimum atomic E-state index is 1.00. The average Bonchev–Trinajstić information content (AvgIpc) is 2.99. The summed E-state index contributed by atoms with van der Waals surface area (Å²) in [6, 6.07) is 44.3. The molecule has 0 saturated heterocycles. The molecule has 0 fully saturated rings. The van der Waals surface area contributed by atoms with Crippen molar-refractivity contribution in [3.63, 3.8) is 0 Å². The van der Waals surface area contributed by atoms with Gasteiger partial charge in [0.1, 0.15) is 0 Å². The fourth-order valence-corrected chi connectivity index (χ4v) is 6.15. The number of hydrogen-bond donors (Lipinski definition) is 0. The fourth-order valence-electron chi connectivity index (χ4n) is 6.15. The lowest BCUT2D eigenvalue weighted by molar-refractivity contribution is 1.16. The molecule has 0 atom stereocenters. The molecule has 186 valence electrons. The molecule has 1 heterocycles. The number of benzene rings is 6. The first-order valence-electron chi connectivity index (χ1n) is 13.7. The zero-order valence-electron chi connectivity index (χ0n) is 22.3. The maximum absolute atomic E-state index is 4.67. The van der Waals surface area contributed by atoms with E-state index in [0.29, 0.717) is 0 Å². The maximum Gasteiger partial charge on any atom is 0.0704 e. The molecule has 1 heteroatoms. The molecule has 7 rings (SSSR count). The van der Waals surface area contributed by atoms with Gasteiger partial charge >= 0.3 is 0 Å². The van der Waals surface area contributed by atoms with E-state index in [1.165, 1.54) is 65.7 Å². The van der Waals surface area contributed by atoms with Gasteiger partial charge < -0.3 is 0 Å². The predicted molar refractivity (Wildman–Crippen MR) is 167 cm³/mol. The Bertz CT molecular complexity index is 1960. The van der Waals surface area contributed by atoms with Gasteiger partial charge in [-0.1, -0.05) is 110 Å². The molecule has 1 aromatic heterocycles. The van der Waals surface area contributed by atoms with Crippen LogP contribution in [0.15, 0.2) is 128 Å². The summed E-state index contributed by atoms with van der Waals surface area (Å²) in [5.41, 5.74) is 9.82. The molecule has 0 aliphatic carbocycles. The van der Waals surface area contributed by atoms with Crippen molar-refractivity contribution in [2.75, 3.05) is 0 Å². The highest BCUT2D eigenvalue weighted by Gasteiger charge is 2.18. The first kappa shape index (κ1) is 23.4. The Hall–Kier alpha value is -4.75. The van der Waals surface area contributed by atoms with Crippen LogP contribution in [0.25, 0.3) is 65.8 Å². The van der Waals surface area contributed by atoms with E-state index in [0.717, 1.165) is 17.7 Å². The summed E-state index contributed by atoms with van der Waals surface area (Å²) in [5.74, 6) is 0. The topological polar surface area (TPSA) is 12.9 Å². The molecule has 0 aliphatic heterocycles. The molecule has 0 saturated carbocycles. The van der Waals surface area contributed by atoms with Crippen molar-refractivity contribution in [2.45, 2.75) is 20.3 Å². The zero-order valence-corrected chi connectivity index (χ0v) is 22.3. The van der Waals surface area contributed by atoms with E-state index in [2.05, 4.69) is 134 Å². The Morgan fingerprint density at radius 2 is 1.10 bits per heavy atom. The van der Waals surface area contributed by atoms with E-state index in [4.69, 9.17) is 0 Å². The maximum atomic E-state index is 4.67. The highest BCUT2D eigenvalue weighted by atomic mass is 14.7. The van der Waals surface area contributed by atoms with Crippen LogP contribution in [-0.4, -0.2) is 4.98 Å². The van der Waals surface area contributed by atoms with E-state index < -0.39 is 0 Å². The summed E-state index contributed by atoms with van der Waals surface area (Å²) in [5, 5.41) is 7.74. The van der Waals surface area contributed by atoms with Crippen LogP contribution >= 0.6 is 0 Å². The summed E-state index contributed by atoms with van der Waals surface area (Å²) in [4.78, 5) is 4.67. The molecule has 6 aromatic carbocycles. The SMILES string of the molecule is CCc1ccc(-c2c3ccccc3c(-c3cccc(-c4cc(C)ccn4)c3)c3ccccc23)c2ccccc12. The van der Waals surface area contributed by atoms with Gasteiger partial charge in [0.2, 0.25) is 0 Å². The molecule has 0 aliphatic rings. The molecule has 0 unspecified atom stereocenters. The van der Waals surface area contributed by atoms with Crippen molar-refractivity contribution < 1.29 is 0 Å². The summed E-state index contributed by atoms with van der Waals surface area (Å²) < 4.78 is 0. The van der Waals surface area contributed by atoms with Crippen LogP contribution in [0.1, 0.15) is 18.1 Å². The minimum Gasteiger partial charge on any atom is -0.256 e. The van der Waals surface area contributed by atoms with Crippen molar-refractivity contribution in [2.24, 2.45) is 0 Å². The van der Waals surface area contributed by atoms with E-state index >= 15 is 0 Å². The monoisotopic (exact) mass is 499 g/mol. The Morgan fingerprint density at radius 3 is 1.74 bits per heavy atom. The second-order valence-corrected chi connectivity index (χ2v) is 10.3. The molecule has 0 amide bonds. The predicted octanol–water partition coefficient (Wildman–Crippen LogP) is 10.4. The molecule has 0 N–H and O–H groups in total. The van der Waals surface area contributed by atoms with Crippen LogP contribution in [0.2, 0.25) is 0 Å². The van der Waals surface area contributed by atoms with Crippen LogP contribution in [0.4, 0.5) is 0 Å². The fraction of sp³-hybridized carbons (Fsp3) is 0.0789. The van der Waals surface area contributed by atoms with Crippen molar-refractivity contribution in [3.8, 4) is 33.5 Å². The highest BCUT2D eigenvalue weighted by molar-refractivity contribution is 6.23. The molecule has 0 spiro atoms. The number of aromatic nitrogens is 1. The largest absolute Gasteiger partial charge is 0.256 e.